The van der Waals surface area contributed by atoms with Crippen molar-refractivity contribution >= 4 is 46.8 Å². The average molecular weight is 972 g/mol. The summed E-state index contributed by atoms with van der Waals surface area (Å²) in [5, 5.41) is 18.0. The maximum Gasteiger partial charge on any atom is 0.254 e. The van der Waals surface area contributed by atoms with Crippen molar-refractivity contribution < 1.29 is 57.1 Å². The quantitative estimate of drug-likeness (QED) is 0.0416. The Bertz CT molecular complexity index is 1590. The van der Waals surface area contributed by atoms with Crippen LogP contribution in [0.15, 0.2) is 24.5 Å². The van der Waals surface area contributed by atoms with Crippen LogP contribution < -0.4 is 41.4 Å². The number of amides is 4. The number of hydrogen-bond acceptors (Lipinski definition) is 16. The molecule has 2 aliphatic rings. The van der Waals surface area contributed by atoms with Crippen LogP contribution in [0.1, 0.15) is 72.1 Å². The summed E-state index contributed by atoms with van der Waals surface area (Å²) in [6, 6.07) is 3.86. The number of carbonyl (C=O) groups excluding carboxylic acids is 4. The predicted molar refractivity (Wildman–Crippen MR) is 246 cm³/mol. The van der Waals surface area contributed by atoms with Gasteiger partial charge in [-0.15, -0.1) is 0 Å². The Morgan fingerprint density at radius 2 is 0.833 bits per heavy atom. The molecule has 6 N–H and O–H groups in total. The minimum Gasteiger partial charge on any atom is -0.490 e. The summed E-state index contributed by atoms with van der Waals surface area (Å²) >= 11 is 12.2. The van der Waals surface area contributed by atoms with E-state index in [1.165, 1.54) is 12.4 Å². The average Bonchev–Trinajstić information content (AvgIpc) is 3.28. The van der Waals surface area contributed by atoms with Gasteiger partial charge in [-0.05, 0) is 63.7 Å². The van der Waals surface area contributed by atoms with Crippen molar-refractivity contribution in [1.82, 2.24) is 41.9 Å². The van der Waals surface area contributed by atoms with Crippen LogP contribution in [0, 0.1) is 0 Å². The highest BCUT2D eigenvalue weighted by Crippen LogP contribution is 2.21. The second-order valence-corrected chi connectivity index (χ2v) is 16.0. The third-order valence-electron chi connectivity index (χ3n) is 10.0. The molecule has 2 fully saturated rings. The molecule has 2 aliphatic heterocycles. The molecule has 20 nitrogen and oxygen atoms in total. The first-order valence-electron chi connectivity index (χ1n) is 22.9. The summed E-state index contributed by atoms with van der Waals surface area (Å²) in [5.74, 6) is -0.000775. The molecular weight excluding hydrogens is 903 g/mol. The Labute approximate surface area is 397 Å². The summed E-state index contributed by atoms with van der Waals surface area (Å²) in [6.07, 6.45) is 7.89. The van der Waals surface area contributed by atoms with Crippen LogP contribution in [0.3, 0.4) is 0 Å². The third-order valence-corrected chi connectivity index (χ3v) is 10.6. The van der Waals surface area contributed by atoms with Gasteiger partial charge in [-0.25, -0.2) is 9.97 Å². The predicted octanol–water partition coefficient (Wildman–Crippen LogP) is 2.10. The number of pyridine rings is 2. The zero-order valence-corrected chi connectivity index (χ0v) is 39.3. The maximum atomic E-state index is 12.5. The lowest BCUT2D eigenvalue weighted by Gasteiger charge is -2.27. The number of aromatic nitrogens is 2. The van der Waals surface area contributed by atoms with E-state index in [4.69, 9.17) is 61.1 Å². The second kappa shape index (κ2) is 34.3. The summed E-state index contributed by atoms with van der Waals surface area (Å²) in [6.45, 7) is 9.98. The van der Waals surface area contributed by atoms with Crippen LogP contribution >= 0.6 is 23.2 Å². The molecule has 66 heavy (non-hydrogen) atoms. The smallest absolute Gasteiger partial charge is 0.254 e. The normalized spacial score (nSPS) is 15.3. The van der Waals surface area contributed by atoms with Crippen LogP contribution in [0.4, 0.5) is 0 Å². The lowest BCUT2D eigenvalue weighted by Crippen LogP contribution is -2.46. The Morgan fingerprint density at radius 1 is 0.515 bits per heavy atom. The van der Waals surface area contributed by atoms with E-state index in [1.54, 1.807) is 12.1 Å². The van der Waals surface area contributed by atoms with Crippen molar-refractivity contribution in [2.75, 3.05) is 132 Å². The van der Waals surface area contributed by atoms with E-state index in [9.17, 15) is 19.2 Å². The number of hydrogen-bond donors (Lipinski definition) is 6. The molecule has 4 amide bonds. The van der Waals surface area contributed by atoms with Gasteiger partial charge in [0.25, 0.3) is 11.8 Å². The Hall–Kier alpha value is -3.96. The fourth-order valence-corrected chi connectivity index (χ4v) is 6.32. The van der Waals surface area contributed by atoms with Crippen LogP contribution in [-0.4, -0.2) is 177 Å². The van der Waals surface area contributed by atoms with E-state index < -0.39 is 0 Å². The largest absolute Gasteiger partial charge is 0.490 e. The highest BCUT2D eigenvalue weighted by Gasteiger charge is 2.20. The van der Waals surface area contributed by atoms with Gasteiger partial charge in [-0.2, -0.15) is 0 Å². The van der Waals surface area contributed by atoms with Crippen LogP contribution in [0.5, 0.6) is 11.5 Å². The zero-order valence-electron chi connectivity index (χ0n) is 37.8. The fraction of sp³-hybridized carbons (Fsp3) is 0.682. The maximum absolute atomic E-state index is 12.5. The summed E-state index contributed by atoms with van der Waals surface area (Å²) in [7, 11) is 0. The summed E-state index contributed by atoms with van der Waals surface area (Å²) in [4.78, 5) is 57.4. The number of halogens is 2. The van der Waals surface area contributed by atoms with Gasteiger partial charge in [0.2, 0.25) is 11.8 Å². The van der Waals surface area contributed by atoms with Crippen molar-refractivity contribution in [2.24, 2.45) is 0 Å². The van der Waals surface area contributed by atoms with Gasteiger partial charge < -0.3 is 69.8 Å². The molecule has 0 saturated carbocycles. The first-order valence-corrected chi connectivity index (χ1v) is 23.6. The number of carbonyl (C=O) groups is 4. The van der Waals surface area contributed by atoms with E-state index in [2.05, 4.69) is 41.9 Å². The molecule has 2 aromatic rings. The molecule has 2 aromatic heterocycles. The zero-order chi connectivity index (χ0) is 46.9. The first kappa shape index (κ1) is 54.6. The molecule has 4 heterocycles. The molecule has 0 aliphatic carbocycles. The van der Waals surface area contributed by atoms with Crippen molar-refractivity contribution in [3.63, 3.8) is 0 Å². The number of nitrogens with zero attached hydrogens (tertiary/aromatic N) is 2. The first-order chi connectivity index (χ1) is 32.3. The van der Waals surface area contributed by atoms with Gasteiger partial charge in [0.15, 0.2) is 0 Å². The molecule has 22 heteroatoms. The van der Waals surface area contributed by atoms with E-state index in [0.29, 0.717) is 168 Å². The van der Waals surface area contributed by atoms with Gasteiger partial charge in [0.05, 0.1) is 76.4 Å². The van der Waals surface area contributed by atoms with E-state index in [0.717, 1.165) is 25.9 Å². The number of nitrogens with one attached hydrogen (secondary N) is 6. The van der Waals surface area contributed by atoms with Gasteiger partial charge >= 0.3 is 0 Å². The van der Waals surface area contributed by atoms with Crippen molar-refractivity contribution in [3.05, 3.63) is 46.0 Å². The molecule has 2 saturated heterocycles. The van der Waals surface area contributed by atoms with Crippen molar-refractivity contribution in [3.8, 4) is 11.5 Å². The highest BCUT2D eigenvalue weighted by molar-refractivity contribution is 6.33. The molecule has 0 aromatic carbocycles. The Balaban J connectivity index is 0.817. The SMILES string of the molecule is O=C(CCC(=O)NCCCOCCOCCOCCCNC(=O)c1cc(OC[C@@H]2CCN2)cnc1Cl)NCCCOCCOCCOCCCNC(=O)c1cc(OC[C@@H]2CCN2)cnc1Cl. The summed E-state index contributed by atoms with van der Waals surface area (Å²) < 4.78 is 44.7. The lowest BCUT2D eigenvalue weighted by atomic mass is 10.1. The second-order valence-electron chi connectivity index (χ2n) is 15.3. The molecule has 0 bridgehead atoms. The van der Waals surface area contributed by atoms with Gasteiger partial charge in [0.1, 0.15) is 35.0 Å². The Kier molecular flexibility index (Phi) is 28.4. The molecule has 4 rings (SSSR count). The van der Waals surface area contributed by atoms with Crippen LogP contribution in [0.2, 0.25) is 10.3 Å². The third kappa shape index (κ3) is 24.2. The van der Waals surface area contributed by atoms with Crippen molar-refractivity contribution in [1.29, 1.82) is 0 Å². The van der Waals surface area contributed by atoms with Gasteiger partial charge in [-0.3, -0.25) is 19.2 Å². The minimum atomic E-state index is -0.317. The number of rotatable bonds is 39. The van der Waals surface area contributed by atoms with E-state index in [-0.39, 0.29) is 57.9 Å². The molecular formula is C44H68Cl2N8O12. The van der Waals surface area contributed by atoms with E-state index in [1.807, 2.05) is 0 Å². The molecule has 370 valence electrons. The number of ether oxygens (including phenoxy) is 8. The fourth-order valence-electron chi connectivity index (χ4n) is 5.94. The van der Waals surface area contributed by atoms with Gasteiger partial charge in [0, 0.05) is 77.5 Å². The molecule has 0 spiro atoms. The van der Waals surface area contributed by atoms with E-state index >= 15 is 0 Å². The Morgan fingerprint density at radius 3 is 1.15 bits per heavy atom. The summed E-state index contributed by atoms with van der Waals surface area (Å²) in [5.41, 5.74) is 0.540. The van der Waals surface area contributed by atoms with Gasteiger partial charge in [-0.1, -0.05) is 23.2 Å². The lowest BCUT2D eigenvalue weighted by molar-refractivity contribution is -0.126. The van der Waals surface area contributed by atoms with Crippen molar-refractivity contribution in [2.45, 2.75) is 63.5 Å². The van der Waals surface area contributed by atoms with Crippen LogP contribution in [-0.2, 0) is 38.0 Å². The highest BCUT2D eigenvalue weighted by atomic mass is 35.5. The molecule has 0 unspecified atom stereocenters. The topological polar surface area (TPSA) is 240 Å². The standard InChI is InChI=1S/C44H68Cl2N8O12/c45-41-37(27-35(29-53-41)65-31-33-7-13-47-33)43(57)51-11-3-17-61-21-25-63-23-19-59-15-1-9-49-39(55)5-6-40(56)50-10-2-16-60-20-24-64-26-22-62-18-4-12-52-44(58)38-28-36(30-54-42(38)46)66-32-34-8-14-48-34/h27-30,33-34,47-48H,1-26,31-32H2,(H,49,55)(H,50,56)(H,51,57)(H,52,58)/t33-,34-/m0/s1. The monoisotopic (exact) mass is 970 g/mol. The minimum absolute atomic E-state index is 0.109. The molecule has 2 atom stereocenters. The van der Waals surface area contributed by atoms with Crippen LogP contribution in [0.25, 0.3) is 0 Å². The molecule has 0 radical (unpaired) electrons.